The highest BCUT2D eigenvalue weighted by atomic mass is 32.1. The SMILES string of the molecule is O=C(Nc1nc(-c2cccc([N+](=O)[O-])c2)cs1)OCc1ccccc1. The lowest BCUT2D eigenvalue weighted by molar-refractivity contribution is -0.384. The van der Waals surface area contributed by atoms with E-state index in [1.165, 1.54) is 23.5 Å². The van der Waals surface area contributed by atoms with E-state index in [9.17, 15) is 14.9 Å². The van der Waals surface area contributed by atoms with E-state index in [0.717, 1.165) is 5.56 Å². The normalized spacial score (nSPS) is 10.2. The number of carbonyl (C=O) groups excluding carboxylic acids is 1. The van der Waals surface area contributed by atoms with Gasteiger partial charge in [0.2, 0.25) is 0 Å². The van der Waals surface area contributed by atoms with Gasteiger partial charge in [0, 0.05) is 23.1 Å². The molecular formula is C17H13N3O4S. The first-order valence-electron chi connectivity index (χ1n) is 7.30. The van der Waals surface area contributed by atoms with E-state index in [2.05, 4.69) is 10.3 Å². The number of benzene rings is 2. The number of amides is 1. The van der Waals surface area contributed by atoms with Crippen molar-refractivity contribution in [3.8, 4) is 11.3 Å². The van der Waals surface area contributed by atoms with Gasteiger partial charge in [-0.15, -0.1) is 11.3 Å². The van der Waals surface area contributed by atoms with Crippen LogP contribution < -0.4 is 5.32 Å². The van der Waals surface area contributed by atoms with Gasteiger partial charge in [0.15, 0.2) is 5.13 Å². The minimum atomic E-state index is -0.608. The summed E-state index contributed by atoms with van der Waals surface area (Å²) in [6, 6.07) is 15.5. The summed E-state index contributed by atoms with van der Waals surface area (Å²) in [6.07, 6.45) is -0.608. The van der Waals surface area contributed by atoms with E-state index in [4.69, 9.17) is 4.74 Å². The van der Waals surface area contributed by atoms with Crippen LogP contribution >= 0.6 is 11.3 Å². The summed E-state index contributed by atoms with van der Waals surface area (Å²) in [5, 5.41) is 15.5. The van der Waals surface area contributed by atoms with Gasteiger partial charge in [-0.3, -0.25) is 15.4 Å². The molecule has 7 nitrogen and oxygen atoms in total. The van der Waals surface area contributed by atoms with Gasteiger partial charge in [-0.25, -0.2) is 9.78 Å². The number of carbonyl (C=O) groups is 1. The minimum absolute atomic E-state index is 0.0118. The van der Waals surface area contributed by atoms with Gasteiger partial charge >= 0.3 is 6.09 Å². The van der Waals surface area contributed by atoms with Crippen LogP contribution in [0, 0.1) is 10.1 Å². The number of nitrogens with zero attached hydrogens (tertiary/aromatic N) is 2. The Balaban J connectivity index is 1.62. The van der Waals surface area contributed by atoms with E-state index in [1.807, 2.05) is 30.3 Å². The molecule has 1 N–H and O–H groups in total. The Bertz CT molecular complexity index is 896. The number of nitrogens with one attached hydrogen (secondary N) is 1. The van der Waals surface area contributed by atoms with Crippen LogP contribution in [-0.4, -0.2) is 16.0 Å². The molecule has 126 valence electrons. The van der Waals surface area contributed by atoms with Gasteiger partial charge in [0.05, 0.1) is 10.6 Å². The molecule has 0 aliphatic heterocycles. The van der Waals surface area contributed by atoms with Crippen molar-refractivity contribution in [2.45, 2.75) is 6.61 Å². The minimum Gasteiger partial charge on any atom is -0.444 e. The monoisotopic (exact) mass is 355 g/mol. The van der Waals surface area contributed by atoms with Gasteiger partial charge in [-0.2, -0.15) is 0 Å². The molecule has 0 unspecified atom stereocenters. The highest BCUT2D eigenvalue weighted by Crippen LogP contribution is 2.27. The number of anilines is 1. The van der Waals surface area contributed by atoms with Crippen molar-refractivity contribution in [3.05, 3.63) is 75.7 Å². The molecule has 0 saturated heterocycles. The van der Waals surface area contributed by atoms with E-state index in [-0.39, 0.29) is 12.3 Å². The summed E-state index contributed by atoms with van der Waals surface area (Å²) in [5.74, 6) is 0. The number of non-ortho nitro benzene ring substituents is 1. The summed E-state index contributed by atoms with van der Waals surface area (Å²) in [6.45, 7) is 0.162. The summed E-state index contributed by atoms with van der Waals surface area (Å²) in [7, 11) is 0. The van der Waals surface area contributed by atoms with Crippen molar-refractivity contribution in [1.29, 1.82) is 0 Å². The number of hydrogen-bond acceptors (Lipinski definition) is 6. The quantitative estimate of drug-likeness (QED) is 0.538. The average Bonchev–Trinajstić information content (AvgIpc) is 3.09. The molecule has 0 spiro atoms. The summed E-state index contributed by atoms with van der Waals surface area (Å²) >= 11 is 1.22. The molecule has 2 aromatic carbocycles. The molecule has 3 rings (SSSR count). The van der Waals surface area contributed by atoms with Crippen molar-refractivity contribution in [2.75, 3.05) is 5.32 Å². The fraction of sp³-hybridized carbons (Fsp3) is 0.0588. The lowest BCUT2D eigenvalue weighted by Crippen LogP contribution is -2.13. The average molecular weight is 355 g/mol. The molecule has 0 radical (unpaired) electrons. The zero-order valence-corrected chi connectivity index (χ0v) is 13.7. The maximum absolute atomic E-state index is 11.8. The largest absolute Gasteiger partial charge is 0.444 e. The Hall–Kier alpha value is -3.26. The predicted molar refractivity (Wildman–Crippen MR) is 94.5 cm³/mol. The molecule has 0 atom stereocenters. The smallest absolute Gasteiger partial charge is 0.413 e. The second kappa shape index (κ2) is 7.54. The van der Waals surface area contributed by atoms with E-state index in [0.29, 0.717) is 16.4 Å². The molecule has 3 aromatic rings. The third-order valence-electron chi connectivity index (χ3n) is 3.28. The molecule has 0 saturated carbocycles. The van der Waals surface area contributed by atoms with Crippen molar-refractivity contribution < 1.29 is 14.5 Å². The molecule has 0 fully saturated rings. The number of nitro benzene ring substituents is 1. The summed E-state index contributed by atoms with van der Waals surface area (Å²) < 4.78 is 5.12. The predicted octanol–water partition coefficient (Wildman–Crippen LogP) is 4.47. The lowest BCUT2D eigenvalue weighted by Gasteiger charge is -2.04. The van der Waals surface area contributed by atoms with Gasteiger partial charge in [-0.1, -0.05) is 42.5 Å². The highest BCUT2D eigenvalue weighted by Gasteiger charge is 2.12. The van der Waals surface area contributed by atoms with E-state index < -0.39 is 11.0 Å². The van der Waals surface area contributed by atoms with E-state index >= 15 is 0 Å². The zero-order chi connectivity index (χ0) is 17.6. The zero-order valence-electron chi connectivity index (χ0n) is 12.9. The Kier molecular flexibility index (Phi) is 5.00. The molecule has 1 aromatic heterocycles. The van der Waals surface area contributed by atoms with Crippen LogP contribution in [0.1, 0.15) is 5.56 Å². The van der Waals surface area contributed by atoms with Crippen LogP contribution in [-0.2, 0) is 11.3 Å². The topological polar surface area (TPSA) is 94.4 Å². The lowest BCUT2D eigenvalue weighted by atomic mass is 10.1. The van der Waals surface area contributed by atoms with E-state index in [1.54, 1.807) is 17.5 Å². The Morgan fingerprint density at radius 1 is 1.20 bits per heavy atom. The first kappa shape index (κ1) is 16.6. The van der Waals surface area contributed by atoms with Crippen molar-refractivity contribution in [2.24, 2.45) is 0 Å². The number of rotatable bonds is 5. The molecular weight excluding hydrogens is 342 g/mol. The van der Waals surface area contributed by atoms with Crippen LogP contribution in [0.25, 0.3) is 11.3 Å². The van der Waals surface area contributed by atoms with Crippen LogP contribution in [0.2, 0.25) is 0 Å². The fourth-order valence-corrected chi connectivity index (χ4v) is 2.79. The molecule has 25 heavy (non-hydrogen) atoms. The first-order valence-corrected chi connectivity index (χ1v) is 8.18. The third kappa shape index (κ3) is 4.39. The van der Waals surface area contributed by atoms with Gasteiger partial charge < -0.3 is 4.74 Å². The number of ether oxygens (including phenoxy) is 1. The number of thiazole rings is 1. The van der Waals surface area contributed by atoms with Gasteiger partial charge in [-0.05, 0) is 5.56 Å². The standard InChI is InChI=1S/C17H13N3O4S/c21-17(24-10-12-5-2-1-3-6-12)19-16-18-15(11-25-16)13-7-4-8-14(9-13)20(22)23/h1-9,11H,10H2,(H,18,19,21). The van der Waals surface area contributed by atoms with Crippen LogP contribution in [0.5, 0.6) is 0 Å². The molecule has 1 amide bonds. The maximum atomic E-state index is 11.8. The van der Waals surface area contributed by atoms with Gasteiger partial charge in [0.25, 0.3) is 5.69 Å². The van der Waals surface area contributed by atoms with Crippen LogP contribution in [0.4, 0.5) is 15.6 Å². The summed E-state index contributed by atoms with van der Waals surface area (Å²) in [4.78, 5) is 26.5. The molecule has 0 aliphatic rings. The number of nitro groups is 1. The maximum Gasteiger partial charge on any atom is 0.413 e. The Morgan fingerprint density at radius 2 is 2.00 bits per heavy atom. The van der Waals surface area contributed by atoms with Crippen LogP contribution in [0.15, 0.2) is 60.0 Å². The molecule has 8 heteroatoms. The Morgan fingerprint density at radius 3 is 2.76 bits per heavy atom. The van der Waals surface area contributed by atoms with Crippen LogP contribution in [0.3, 0.4) is 0 Å². The second-order valence-corrected chi connectivity index (χ2v) is 5.89. The molecule has 0 aliphatic carbocycles. The van der Waals surface area contributed by atoms with Crippen molar-refractivity contribution >= 4 is 28.2 Å². The number of hydrogen-bond donors (Lipinski definition) is 1. The molecule has 1 heterocycles. The summed E-state index contributed by atoms with van der Waals surface area (Å²) in [5.41, 5.74) is 2.03. The first-order chi connectivity index (χ1) is 12.1. The van der Waals surface area contributed by atoms with Crippen molar-refractivity contribution in [3.63, 3.8) is 0 Å². The van der Waals surface area contributed by atoms with Gasteiger partial charge in [0.1, 0.15) is 6.61 Å². The highest BCUT2D eigenvalue weighted by molar-refractivity contribution is 7.14. The number of aromatic nitrogens is 1. The third-order valence-corrected chi connectivity index (χ3v) is 4.04. The van der Waals surface area contributed by atoms with Crippen molar-refractivity contribution in [1.82, 2.24) is 4.98 Å². The fourth-order valence-electron chi connectivity index (χ4n) is 2.09. The Labute approximate surface area is 147 Å². The second-order valence-electron chi connectivity index (χ2n) is 5.03. The molecule has 0 bridgehead atoms.